The molecule has 110 valence electrons. The smallest absolute Gasteiger partial charge is 0.220 e. The summed E-state index contributed by atoms with van der Waals surface area (Å²) in [6, 6.07) is 10.0. The lowest BCUT2D eigenvalue weighted by atomic mass is 10.0. The fourth-order valence-electron chi connectivity index (χ4n) is 2.53. The second-order valence-electron chi connectivity index (χ2n) is 5.59. The molecule has 5 heteroatoms. The highest BCUT2D eigenvalue weighted by Crippen LogP contribution is 2.21. The number of nitrogens with one attached hydrogen (secondary N) is 1. The Morgan fingerprint density at radius 2 is 2.05 bits per heavy atom. The molecule has 0 radical (unpaired) electrons. The van der Waals surface area contributed by atoms with Crippen LogP contribution in [0.2, 0.25) is 0 Å². The van der Waals surface area contributed by atoms with Gasteiger partial charge in [0, 0.05) is 13.0 Å². The molecule has 4 nitrogen and oxygen atoms in total. The Morgan fingerprint density at radius 3 is 2.65 bits per heavy atom. The molecule has 1 N–H and O–H groups in total. The summed E-state index contributed by atoms with van der Waals surface area (Å²) in [7, 11) is -2.90. The number of hydrogen-bond donors (Lipinski definition) is 1. The molecule has 1 saturated heterocycles. The highest BCUT2D eigenvalue weighted by atomic mass is 32.2. The molecule has 1 aliphatic rings. The Bertz CT molecular complexity index is 554. The van der Waals surface area contributed by atoms with Crippen LogP contribution in [0, 0.1) is 5.92 Å². The number of amides is 1. The minimum absolute atomic E-state index is 0.00738. The molecule has 0 aromatic heterocycles. The van der Waals surface area contributed by atoms with Gasteiger partial charge in [-0.2, -0.15) is 0 Å². The third-order valence-electron chi connectivity index (χ3n) is 3.77. The van der Waals surface area contributed by atoms with Crippen LogP contribution in [0.4, 0.5) is 0 Å². The number of rotatable bonds is 5. The second-order valence-corrected chi connectivity index (χ2v) is 7.82. The Morgan fingerprint density at radius 1 is 1.35 bits per heavy atom. The first-order chi connectivity index (χ1) is 9.46. The number of benzene rings is 1. The standard InChI is InChI=1S/C15H21NO3S/c1-12(14-5-3-2-4-6-14)10-16-15(17)9-13-7-8-20(18,19)11-13/h2-6,12-13H,7-11H2,1H3,(H,16,17). The van der Waals surface area contributed by atoms with Crippen LogP contribution >= 0.6 is 0 Å². The number of sulfone groups is 1. The van der Waals surface area contributed by atoms with E-state index in [0.29, 0.717) is 19.4 Å². The van der Waals surface area contributed by atoms with Crippen LogP contribution in [0.25, 0.3) is 0 Å². The van der Waals surface area contributed by atoms with Crippen LogP contribution in [0.1, 0.15) is 31.2 Å². The van der Waals surface area contributed by atoms with Crippen molar-refractivity contribution in [1.82, 2.24) is 5.32 Å². The minimum Gasteiger partial charge on any atom is -0.355 e. The van der Waals surface area contributed by atoms with Crippen LogP contribution in [-0.2, 0) is 14.6 Å². The molecule has 2 atom stereocenters. The van der Waals surface area contributed by atoms with Gasteiger partial charge >= 0.3 is 0 Å². The highest BCUT2D eigenvalue weighted by Gasteiger charge is 2.29. The zero-order chi connectivity index (χ0) is 14.6. The zero-order valence-corrected chi connectivity index (χ0v) is 12.5. The van der Waals surface area contributed by atoms with Gasteiger partial charge in [-0.1, -0.05) is 37.3 Å². The van der Waals surface area contributed by atoms with Gasteiger partial charge in [0.2, 0.25) is 5.91 Å². The predicted molar refractivity (Wildman–Crippen MR) is 79.2 cm³/mol. The van der Waals surface area contributed by atoms with E-state index in [1.54, 1.807) is 0 Å². The average Bonchev–Trinajstić information content (AvgIpc) is 2.76. The Kier molecular flexibility index (Phi) is 4.81. The molecular weight excluding hydrogens is 274 g/mol. The maximum Gasteiger partial charge on any atom is 0.220 e. The lowest BCUT2D eigenvalue weighted by Gasteiger charge is -2.14. The van der Waals surface area contributed by atoms with Gasteiger partial charge < -0.3 is 5.32 Å². The maximum atomic E-state index is 11.8. The quantitative estimate of drug-likeness (QED) is 0.900. The zero-order valence-electron chi connectivity index (χ0n) is 11.7. The first-order valence-corrected chi connectivity index (χ1v) is 8.80. The third-order valence-corrected chi connectivity index (χ3v) is 5.61. The van der Waals surface area contributed by atoms with Gasteiger partial charge in [-0.25, -0.2) is 8.42 Å². The van der Waals surface area contributed by atoms with E-state index in [1.165, 1.54) is 5.56 Å². The molecule has 2 rings (SSSR count). The number of carbonyl (C=O) groups is 1. The van der Waals surface area contributed by atoms with E-state index in [0.717, 1.165) is 0 Å². The van der Waals surface area contributed by atoms with E-state index in [4.69, 9.17) is 0 Å². The summed E-state index contributed by atoms with van der Waals surface area (Å²) in [5.74, 6) is 0.592. The summed E-state index contributed by atoms with van der Waals surface area (Å²) in [4.78, 5) is 11.8. The fraction of sp³-hybridized carbons (Fsp3) is 0.533. The SMILES string of the molecule is CC(CNC(=O)CC1CCS(=O)(=O)C1)c1ccccc1. The van der Waals surface area contributed by atoms with Crippen molar-refractivity contribution in [2.24, 2.45) is 5.92 Å². The van der Waals surface area contributed by atoms with E-state index in [1.807, 2.05) is 30.3 Å². The van der Waals surface area contributed by atoms with Gasteiger partial charge in [0.1, 0.15) is 0 Å². The lowest BCUT2D eigenvalue weighted by Crippen LogP contribution is -2.29. The van der Waals surface area contributed by atoms with E-state index >= 15 is 0 Å². The molecule has 0 aliphatic carbocycles. The van der Waals surface area contributed by atoms with Crippen molar-refractivity contribution in [3.8, 4) is 0 Å². The summed E-state index contributed by atoms with van der Waals surface area (Å²) in [6.07, 6.45) is 0.935. The summed E-state index contributed by atoms with van der Waals surface area (Å²) in [5.41, 5.74) is 1.19. The number of carbonyl (C=O) groups excluding carboxylic acids is 1. The monoisotopic (exact) mass is 295 g/mol. The van der Waals surface area contributed by atoms with E-state index in [9.17, 15) is 13.2 Å². The van der Waals surface area contributed by atoms with Gasteiger partial charge in [-0.05, 0) is 23.8 Å². The van der Waals surface area contributed by atoms with Crippen LogP contribution in [-0.4, -0.2) is 32.4 Å². The predicted octanol–water partition coefficient (Wildman–Crippen LogP) is 1.73. The minimum atomic E-state index is -2.90. The fourth-order valence-corrected chi connectivity index (χ4v) is 4.40. The molecular formula is C15H21NO3S. The van der Waals surface area contributed by atoms with E-state index in [-0.39, 0.29) is 29.2 Å². The molecule has 0 bridgehead atoms. The van der Waals surface area contributed by atoms with Crippen molar-refractivity contribution in [1.29, 1.82) is 0 Å². The molecule has 1 aromatic rings. The normalized spacial score (nSPS) is 22.4. The molecule has 1 aliphatic heterocycles. The first kappa shape index (κ1) is 15.0. The van der Waals surface area contributed by atoms with Gasteiger partial charge in [-0.3, -0.25) is 4.79 Å². The second kappa shape index (κ2) is 6.39. The van der Waals surface area contributed by atoms with E-state index < -0.39 is 9.84 Å². The molecule has 1 heterocycles. The van der Waals surface area contributed by atoms with Crippen molar-refractivity contribution in [3.05, 3.63) is 35.9 Å². The van der Waals surface area contributed by atoms with Crippen molar-refractivity contribution < 1.29 is 13.2 Å². The molecule has 0 spiro atoms. The first-order valence-electron chi connectivity index (χ1n) is 6.98. The molecule has 20 heavy (non-hydrogen) atoms. The van der Waals surface area contributed by atoms with Gasteiger partial charge in [-0.15, -0.1) is 0 Å². The van der Waals surface area contributed by atoms with Gasteiger partial charge in [0.25, 0.3) is 0 Å². The Labute approximate surface area is 120 Å². The van der Waals surface area contributed by atoms with Crippen LogP contribution in [0.5, 0.6) is 0 Å². The van der Waals surface area contributed by atoms with Crippen molar-refractivity contribution in [2.45, 2.75) is 25.7 Å². The molecule has 0 saturated carbocycles. The summed E-state index contributed by atoms with van der Waals surface area (Å²) < 4.78 is 22.7. The molecule has 1 amide bonds. The van der Waals surface area contributed by atoms with Gasteiger partial charge in [0.15, 0.2) is 9.84 Å². The number of hydrogen-bond acceptors (Lipinski definition) is 3. The Hall–Kier alpha value is -1.36. The maximum absolute atomic E-state index is 11.8. The van der Waals surface area contributed by atoms with Gasteiger partial charge in [0.05, 0.1) is 11.5 Å². The van der Waals surface area contributed by atoms with Crippen molar-refractivity contribution >= 4 is 15.7 Å². The summed E-state index contributed by atoms with van der Waals surface area (Å²) >= 11 is 0. The molecule has 1 aromatic carbocycles. The average molecular weight is 295 g/mol. The summed E-state index contributed by atoms with van der Waals surface area (Å²) in [5, 5.41) is 2.90. The van der Waals surface area contributed by atoms with Crippen LogP contribution in [0.3, 0.4) is 0 Å². The third kappa shape index (κ3) is 4.34. The lowest BCUT2D eigenvalue weighted by molar-refractivity contribution is -0.121. The van der Waals surface area contributed by atoms with Crippen molar-refractivity contribution in [2.75, 3.05) is 18.1 Å². The Balaban J connectivity index is 1.76. The van der Waals surface area contributed by atoms with Crippen LogP contribution < -0.4 is 5.32 Å². The summed E-state index contributed by atoms with van der Waals surface area (Å²) in [6.45, 7) is 2.65. The van der Waals surface area contributed by atoms with Crippen molar-refractivity contribution in [3.63, 3.8) is 0 Å². The topological polar surface area (TPSA) is 63.2 Å². The highest BCUT2D eigenvalue weighted by molar-refractivity contribution is 7.91. The van der Waals surface area contributed by atoms with E-state index in [2.05, 4.69) is 12.2 Å². The molecule has 1 fully saturated rings. The molecule has 2 unspecified atom stereocenters. The largest absolute Gasteiger partial charge is 0.355 e. The van der Waals surface area contributed by atoms with Crippen LogP contribution in [0.15, 0.2) is 30.3 Å².